The third-order valence-corrected chi connectivity index (χ3v) is 3.83. The van der Waals surface area contributed by atoms with E-state index in [9.17, 15) is 0 Å². The molecule has 1 aromatic rings. The number of nitrogens with two attached hydrogens (primary N) is 1. The Kier molecular flexibility index (Phi) is 4.29. The number of methoxy groups -OCH3 is 2. The molecule has 0 spiro atoms. The Labute approximate surface area is 114 Å². The topological polar surface area (TPSA) is 65.7 Å². The van der Waals surface area contributed by atoms with Crippen molar-refractivity contribution in [2.75, 3.05) is 41.0 Å². The Morgan fingerprint density at radius 3 is 2.42 bits per heavy atom. The Bertz CT molecular complexity index is 427. The van der Waals surface area contributed by atoms with Crippen molar-refractivity contribution in [1.29, 1.82) is 0 Å². The Morgan fingerprint density at radius 2 is 2.00 bits per heavy atom. The molecule has 106 valence electrons. The standard InChI is InChI=1S/C14H22N2O3/c1-16-13(14(7-15)8-19-9-14)10-4-5-11(17-2)12(6-10)18-3/h4-6,13,16H,7-9,15H2,1-3H3. The number of ether oxygens (including phenoxy) is 3. The first kappa shape index (κ1) is 14.1. The third kappa shape index (κ3) is 2.41. The van der Waals surface area contributed by atoms with Gasteiger partial charge in [-0.1, -0.05) is 6.07 Å². The highest BCUT2D eigenvalue weighted by Crippen LogP contribution is 2.41. The van der Waals surface area contributed by atoms with Crippen molar-refractivity contribution < 1.29 is 14.2 Å². The molecule has 19 heavy (non-hydrogen) atoms. The fourth-order valence-corrected chi connectivity index (χ4v) is 2.63. The molecule has 0 bridgehead atoms. The molecule has 2 rings (SSSR count). The van der Waals surface area contributed by atoms with Crippen LogP contribution in [0.25, 0.3) is 0 Å². The molecule has 1 aliphatic heterocycles. The maximum absolute atomic E-state index is 5.93. The highest BCUT2D eigenvalue weighted by Gasteiger charge is 2.44. The first-order valence-corrected chi connectivity index (χ1v) is 6.38. The van der Waals surface area contributed by atoms with E-state index in [-0.39, 0.29) is 11.5 Å². The molecule has 1 aromatic carbocycles. The van der Waals surface area contributed by atoms with Gasteiger partial charge in [-0.3, -0.25) is 0 Å². The summed E-state index contributed by atoms with van der Waals surface area (Å²) >= 11 is 0. The van der Waals surface area contributed by atoms with Gasteiger partial charge in [0.25, 0.3) is 0 Å². The second-order valence-corrected chi connectivity index (χ2v) is 4.90. The van der Waals surface area contributed by atoms with Crippen LogP contribution in [-0.4, -0.2) is 41.0 Å². The predicted octanol–water partition coefficient (Wildman–Crippen LogP) is 0.940. The Morgan fingerprint density at radius 1 is 1.32 bits per heavy atom. The molecule has 0 radical (unpaired) electrons. The van der Waals surface area contributed by atoms with Crippen LogP contribution in [0.15, 0.2) is 18.2 Å². The van der Waals surface area contributed by atoms with Gasteiger partial charge in [0.15, 0.2) is 11.5 Å². The molecule has 0 saturated carbocycles. The number of hydrogen-bond acceptors (Lipinski definition) is 5. The largest absolute Gasteiger partial charge is 0.493 e. The van der Waals surface area contributed by atoms with Crippen LogP contribution in [0.1, 0.15) is 11.6 Å². The van der Waals surface area contributed by atoms with E-state index in [0.29, 0.717) is 19.8 Å². The molecule has 1 fully saturated rings. The van der Waals surface area contributed by atoms with Crippen LogP contribution in [-0.2, 0) is 4.74 Å². The van der Waals surface area contributed by atoms with Gasteiger partial charge in [-0.2, -0.15) is 0 Å². The summed E-state index contributed by atoms with van der Waals surface area (Å²) in [7, 11) is 5.21. The van der Waals surface area contributed by atoms with Gasteiger partial charge in [0.05, 0.1) is 27.4 Å². The number of rotatable bonds is 6. The van der Waals surface area contributed by atoms with E-state index in [2.05, 4.69) is 5.32 Å². The lowest BCUT2D eigenvalue weighted by Gasteiger charge is -2.46. The van der Waals surface area contributed by atoms with Gasteiger partial charge in [0.1, 0.15) is 0 Å². The summed E-state index contributed by atoms with van der Waals surface area (Å²) in [5.41, 5.74) is 7.03. The maximum atomic E-state index is 5.93. The molecular formula is C14H22N2O3. The fraction of sp³-hybridized carbons (Fsp3) is 0.571. The molecule has 3 N–H and O–H groups in total. The van der Waals surface area contributed by atoms with E-state index in [1.807, 2.05) is 25.2 Å². The minimum Gasteiger partial charge on any atom is -0.493 e. The maximum Gasteiger partial charge on any atom is 0.161 e. The van der Waals surface area contributed by atoms with Crippen LogP contribution < -0.4 is 20.5 Å². The van der Waals surface area contributed by atoms with Crippen molar-refractivity contribution in [3.8, 4) is 11.5 Å². The molecule has 1 aliphatic rings. The summed E-state index contributed by atoms with van der Waals surface area (Å²) < 4.78 is 16.0. The van der Waals surface area contributed by atoms with Gasteiger partial charge >= 0.3 is 0 Å². The van der Waals surface area contributed by atoms with Gasteiger partial charge in [-0.05, 0) is 24.7 Å². The van der Waals surface area contributed by atoms with Gasteiger partial charge < -0.3 is 25.3 Å². The van der Waals surface area contributed by atoms with E-state index in [1.54, 1.807) is 14.2 Å². The Hall–Kier alpha value is -1.30. The van der Waals surface area contributed by atoms with Crippen LogP contribution in [0, 0.1) is 5.41 Å². The van der Waals surface area contributed by atoms with Crippen molar-refractivity contribution in [3.05, 3.63) is 23.8 Å². The lowest BCUT2D eigenvalue weighted by molar-refractivity contribution is -0.126. The molecule has 0 aliphatic carbocycles. The number of hydrogen-bond donors (Lipinski definition) is 2. The van der Waals surface area contributed by atoms with Crippen LogP contribution in [0.2, 0.25) is 0 Å². The average Bonchev–Trinajstić information content (AvgIpc) is 2.42. The minimum atomic E-state index is -0.0334. The fourth-order valence-electron chi connectivity index (χ4n) is 2.63. The number of nitrogens with one attached hydrogen (secondary N) is 1. The first-order chi connectivity index (χ1) is 9.20. The van der Waals surface area contributed by atoms with Gasteiger partial charge in [-0.25, -0.2) is 0 Å². The monoisotopic (exact) mass is 266 g/mol. The van der Waals surface area contributed by atoms with Crippen molar-refractivity contribution in [3.63, 3.8) is 0 Å². The summed E-state index contributed by atoms with van der Waals surface area (Å²) in [4.78, 5) is 0. The highest BCUT2D eigenvalue weighted by atomic mass is 16.5. The van der Waals surface area contributed by atoms with E-state index < -0.39 is 0 Å². The molecule has 0 amide bonds. The summed E-state index contributed by atoms with van der Waals surface area (Å²) in [6, 6.07) is 6.10. The third-order valence-electron chi connectivity index (χ3n) is 3.83. The van der Waals surface area contributed by atoms with Crippen molar-refractivity contribution >= 4 is 0 Å². The molecule has 1 unspecified atom stereocenters. The molecule has 5 heteroatoms. The van der Waals surface area contributed by atoms with Gasteiger partial charge in [0, 0.05) is 18.0 Å². The first-order valence-electron chi connectivity index (χ1n) is 6.38. The van der Waals surface area contributed by atoms with Crippen molar-refractivity contribution in [1.82, 2.24) is 5.32 Å². The van der Waals surface area contributed by atoms with E-state index in [1.165, 1.54) is 0 Å². The highest BCUT2D eigenvalue weighted by molar-refractivity contribution is 5.44. The van der Waals surface area contributed by atoms with Crippen LogP contribution in [0.4, 0.5) is 0 Å². The zero-order valence-corrected chi connectivity index (χ0v) is 11.7. The van der Waals surface area contributed by atoms with Crippen LogP contribution in [0.3, 0.4) is 0 Å². The number of benzene rings is 1. The summed E-state index contributed by atoms with van der Waals surface area (Å²) in [5.74, 6) is 1.46. The molecule has 1 atom stereocenters. The van der Waals surface area contributed by atoms with Gasteiger partial charge in [-0.15, -0.1) is 0 Å². The molecule has 1 saturated heterocycles. The van der Waals surface area contributed by atoms with E-state index >= 15 is 0 Å². The normalized spacial score (nSPS) is 18.5. The molecule has 0 aromatic heterocycles. The smallest absolute Gasteiger partial charge is 0.161 e. The van der Waals surface area contributed by atoms with E-state index in [4.69, 9.17) is 19.9 Å². The average molecular weight is 266 g/mol. The zero-order valence-electron chi connectivity index (χ0n) is 11.7. The summed E-state index contributed by atoms with van der Waals surface area (Å²) in [6.45, 7) is 1.96. The van der Waals surface area contributed by atoms with Gasteiger partial charge in [0.2, 0.25) is 0 Å². The SMILES string of the molecule is CNC(c1ccc(OC)c(OC)c1)C1(CN)COC1. The second-order valence-electron chi connectivity index (χ2n) is 4.90. The minimum absolute atomic E-state index is 0.0334. The molecule has 1 heterocycles. The predicted molar refractivity (Wildman–Crippen MR) is 73.7 cm³/mol. The zero-order chi connectivity index (χ0) is 13.9. The molecular weight excluding hydrogens is 244 g/mol. The quantitative estimate of drug-likeness (QED) is 0.802. The second kappa shape index (κ2) is 5.77. The van der Waals surface area contributed by atoms with Crippen molar-refractivity contribution in [2.24, 2.45) is 11.1 Å². The van der Waals surface area contributed by atoms with Crippen LogP contribution >= 0.6 is 0 Å². The van der Waals surface area contributed by atoms with Crippen LogP contribution in [0.5, 0.6) is 11.5 Å². The van der Waals surface area contributed by atoms with E-state index in [0.717, 1.165) is 17.1 Å². The summed E-state index contributed by atoms with van der Waals surface area (Å²) in [5, 5.41) is 3.34. The lowest BCUT2D eigenvalue weighted by Crippen LogP contribution is -2.55. The lowest BCUT2D eigenvalue weighted by atomic mass is 9.75. The molecule has 5 nitrogen and oxygen atoms in total. The van der Waals surface area contributed by atoms with Crippen molar-refractivity contribution in [2.45, 2.75) is 6.04 Å². The Balaban J connectivity index is 2.33. The summed E-state index contributed by atoms with van der Waals surface area (Å²) in [6.07, 6.45) is 0.